The Hall–Kier alpha value is -1.30. The van der Waals surface area contributed by atoms with Crippen LogP contribution in [0.4, 0.5) is 9.93 Å². The van der Waals surface area contributed by atoms with E-state index in [2.05, 4.69) is 11.9 Å². The summed E-state index contributed by atoms with van der Waals surface area (Å²) >= 11 is 1.54. The molecule has 1 aliphatic rings. The van der Waals surface area contributed by atoms with Crippen molar-refractivity contribution < 1.29 is 9.53 Å². The number of aromatic nitrogens is 1. The molecule has 1 amide bonds. The number of piperidine rings is 1. The molecule has 0 spiro atoms. The molecule has 1 aliphatic heterocycles. The molecule has 0 bridgehead atoms. The quantitative estimate of drug-likeness (QED) is 0.864. The Morgan fingerprint density at radius 1 is 1.40 bits per heavy atom. The number of ether oxygens (including phenoxy) is 1. The number of thiazole rings is 1. The zero-order valence-electron chi connectivity index (χ0n) is 12.6. The highest BCUT2D eigenvalue weighted by Gasteiger charge is 2.29. The summed E-state index contributed by atoms with van der Waals surface area (Å²) in [5, 5.41) is 0.632. The Labute approximate surface area is 124 Å². The molecule has 1 saturated heterocycles. The fourth-order valence-corrected chi connectivity index (χ4v) is 3.24. The summed E-state index contributed by atoms with van der Waals surface area (Å²) in [5.41, 5.74) is 6.42. The van der Waals surface area contributed by atoms with Gasteiger partial charge in [-0.1, -0.05) is 0 Å². The van der Waals surface area contributed by atoms with Gasteiger partial charge in [0, 0.05) is 23.9 Å². The lowest BCUT2D eigenvalue weighted by atomic mass is 9.93. The van der Waals surface area contributed by atoms with Gasteiger partial charge in [-0.2, -0.15) is 0 Å². The van der Waals surface area contributed by atoms with Gasteiger partial charge < -0.3 is 15.4 Å². The van der Waals surface area contributed by atoms with Gasteiger partial charge in [-0.25, -0.2) is 9.78 Å². The van der Waals surface area contributed by atoms with E-state index in [1.807, 2.05) is 20.8 Å². The fourth-order valence-electron chi connectivity index (χ4n) is 2.47. The van der Waals surface area contributed by atoms with E-state index in [0.29, 0.717) is 11.0 Å². The molecule has 6 heteroatoms. The Kier molecular flexibility index (Phi) is 4.22. The lowest BCUT2D eigenvalue weighted by Crippen LogP contribution is -2.41. The topological polar surface area (TPSA) is 68.5 Å². The van der Waals surface area contributed by atoms with E-state index < -0.39 is 5.60 Å². The van der Waals surface area contributed by atoms with Crippen molar-refractivity contribution in [3.8, 4) is 0 Å². The Morgan fingerprint density at radius 3 is 2.45 bits per heavy atom. The summed E-state index contributed by atoms with van der Waals surface area (Å²) in [5.74, 6) is 0.405. The van der Waals surface area contributed by atoms with E-state index in [9.17, 15) is 4.79 Å². The second-order valence-electron chi connectivity index (χ2n) is 6.24. The van der Waals surface area contributed by atoms with Crippen molar-refractivity contribution in [3.05, 3.63) is 10.6 Å². The van der Waals surface area contributed by atoms with Crippen molar-refractivity contribution in [2.75, 3.05) is 18.8 Å². The smallest absolute Gasteiger partial charge is 0.410 e. The van der Waals surface area contributed by atoms with E-state index >= 15 is 0 Å². The highest BCUT2D eigenvalue weighted by Crippen LogP contribution is 2.33. The Balaban J connectivity index is 1.92. The highest BCUT2D eigenvalue weighted by atomic mass is 32.1. The van der Waals surface area contributed by atoms with Crippen LogP contribution in [0.3, 0.4) is 0 Å². The van der Waals surface area contributed by atoms with E-state index in [1.54, 1.807) is 4.90 Å². The van der Waals surface area contributed by atoms with Crippen LogP contribution in [0, 0.1) is 6.92 Å². The summed E-state index contributed by atoms with van der Waals surface area (Å²) in [6, 6.07) is 0. The van der Waals surface area contributed by atoms with Crippen LogP contribution in [-0.2, 0) is 4.74 Å². The standard InChI is InChI=1S/C14H23N3O2S/c1-9-11(16-12(15)20-9)10-5-7-17(8-6-10)13(18)19-14(2,3)4/h10H,5-8H2,1-4H3,(H2,15,16). The fraction of sp³-hybridized carbons (Fsp3) is 0.714. The largest absolute Gasteiger partial charge is 0.444 e. The molecule has 2 heterocycles. The molecule has 1 aromatic rings. The number of amides is 1. The molecule has 20 heavy (non-hydrogen) atoms. The predicted octanol–water partition coefficient (Wildman–Crippen LogP) is 3.15. The van der Waals surface area contributed by atoms with Crippen LogP contribution in [0.15, 0.2) is 0 Å². The van der Waals surface area contributed by atoms with Gasteiger partial charge in [-0.15, -0.1) is 11.3 Å². The van der Waals surface area contributed by atoms with Gasteiger partial charge in [0.25, 0.3) is 0 Å². The maximum Gasteiger partial charge on any atom is 0.410 e. The Morgan fingerprint density at radius 2 is 2.00 bits per heavy atom. The maximum atomic E-state index is 12.0. The van der Waals surface area contributed by atoms with Crippen molar-refractivity contribution in [2.45, 2.75) is 52.1 Å². The third-order valence-corrected chi connectivity index (χ3v) is 4.20. The van der Waals surface area contributed by atoms with Crippen LogP contribution in [0.5, 0.6) is 0 Å². The molecule has 1 fully saturated rings. The first-order valence-electron chi connectivity index (χ1n) is 6.97. The zero-order chi connectivity index (χ0) is 14.9. The van der Waals surface area contributed by atoms with Gasteiger partial charge in [-0.3, -0.25) is 0 Å². The summed E-state index contributed by atoms with van der Waals surface area (Å²) in [6.45, 7) is 9.16. The highest BCUT2D eigenvalue weighted by molar-refractivity contribution is 7.15. The first kappa shape index (κ1) is 15.1. The minimum Gasteiger partial charge on any atom is -0.444 e. The van der Waals surface area contributed by atoms with Crippen molar-refractivity contribution in [3.63, 3.8) is 0 Å². The van der Waals surface area contributed by atoms with Gasteiger partial charge in [0.15, 0.2) is 5.13 Å². The lowest BCUT2D eigenvalue weighted by Gasteiger charge is -2.33. The third-order valence-electron chi connectivity index (χ3n) is 3.38. The van der Waals surface area contributed by atoms with Gasteiger partial charge >= 0.3 is 6.09 Å². The molecule has 5 nitrogen and oxygen atoms in total. The third kappa shape index (κ3) is 3.62. The van der Waals surface area contributed by atoms with Gasteiger partial charge in [-0.05, 0) is 40.5 Å². The van der Waals surface area contributed by atoms with Crippen LogP contribution >= 0.6 is 11.3 Å². The van der Waals surface area contributed by atoms with Gasteiger partial charge in [0.05, 0.1) is 5.69 Å². The van der Waals surface area contributed by atoms with Crippen LogP contribution in [0.1, 0.15) is 50.1 Å². The number of hydrogen-bond donors (Lipinski definition) is 1. The molecule has 2 rings (SSSR count). The molecule has 2 N–H and O–H groups in total. The summed E-state index contributed by atoms with van der Waals surface area (Å²) in [6.07, 6.45) is 1.62. The van der Waals surface area contributed by atoms with E-state index in [1.165, 1.54) is 16.2 Å². The van der Waals surface area contributed by atoms with E-state index in [0.717, 1.165) is 31.6 Å². The average molecular weight is 297 g/mol. The second-order valence-corrected chi connectivity index (χ2v) is 7.47. The number of hydrogen-bond acceptors (Lipinski definition) is 5. The van der Waals surface area contributed by atoms with Crippen molar-refractivity contribution >= 4 is 22.6 Å². The monoisotopic (exact) mass is 297 g/mol. The molecule has 0 unspecified atom stereocenters. The first-order valence-corrected chi connectivity index (χ1v) is 7.78. The first-order chi connectivity index (χ1) is 9.26. The van der Waals surface area contributed by atoms with Crippen molar-refractivity contribution in [2.24, 2.45) is 0 Å². The molecule has 0 aromatic carbocycles. The summed E-state index contributed by atoms with van der Waals surface area (Å²) < 4.78 is 5.40. The number of carbonyl (C=O) groups is 1. The molecular formula is C14H23N3O2S. The van der Waals surface area contributed by atoms with E-state index in [4.69, 9.17) is 10.5 Å². The van der Waals surface area contributed by atoms with Gasteiger partial charge in [0.1, 0.15) is 5.60 Å². The lowest BCUT2D eigenvalue weighted by molar-refractivity contribution is 0.0204. The predicted molar refractivity (Wildman–Crippen MR) is 81.0 cm³/mol. The number of nitrogen functional groups attached to an aromatic ring is 1. The molecule has 1 aromatic heterocycles. The molecule has 112 valence electrons. The number of anilines is 1. The van der Waals surface area contributed by atoms with Crippen LogP contribution in [-0.4, -0.2) is 34.7 Å². The maximum absolute atomic E-state index is 12.0. The minimum absolute atomic E-state index is 0.217. The van der Waals surface area contributed by atoms with Crippen LogP contribution in [0.2, 0.25) is 0 Å². The molecule has 0 atom stereocenters. The summed E-state index contributed by atoms with van der Waals surface area (Å²) in [4.78, 5) is 19.4. The van der Waals surface area contributed by atoms with Crippen molar-refractivity contribution in [1.82, 2.24) is 9.88 Å². The minimum atomic E-state index is -0.437. The number of nitrogens with two attached hydrogens (primary N) is 1. The van der Waals surface area contributed by atoms with E-state index in [-0.39, 0.29) is 6.09 Å². The van der Waals surface area contributed by atoms with Gasteiger partial charge in [0.2, 0.25) is 0 Å². The number of carbonyl (C=O) groups excluding carboxylic acids is 1. The average Bonchev–Trinajstić information content (AvgIpc) is 2.66. The van der Waals surface area contributed by atoms with Crippen LogP contribution in [0.25, 0.3) is 0 Å². The Bertz CT molecular complexity index is 485. The normalized spacial score (nSPS) is 17.3. The summed E-state index contributed by atoms with van der Waals surface area (Å²) in [7, 11) is 0. The molecule has 0 aliphatic carbocycles. The number of nitrogens with zero attached hydrogens (tertiary/aromatic N) is 2. The molecule has 0 saturated carbocycles. The molecular weight excluding hydrogens is 274 g/mol. The zero-order valence-corrected chi connectivity index (χ0v) is 13.4. The van der Waals surface area contributed by atoms with Crippen LogP contribution < -0.4 is 5.73 Å². The second kappa shape index (κ2) is 5.60. The number of rotatable bonds is 1. The number of likely N-dealkylation sites (tertiary alicyclic amines) is 1. The number of aryl methyl sites for hydroxylation is 1. The van der Waals surface area contributed by atoms with Crippen molar-refractivity contribution in [1.29, 1.82) is 0 Å². The molecule has 0 radical (unpaired) electrons. The SMILES string of the molecule is Cc1sc(N)nc1C1CCN(C(=O)OC(C)(C)C)CC1.